The van der Waals surface area contributed by atoms with Crippen molar-refractivity contribution in [2.24, 2.45) is 0 Å². The highest BCUT2D eigenvalue weighted by Gasteiger charge is 2.35. The highest BCUT2D eigenvalue weighted by Crippen LogP contribution is 2.42. The molecule has 210 valence electrons. The Labute approximate surface area is 238 Å². The summed E-state index contributed by atoms with van der Waals surface area (Å²) >= 11 is 0. The Kier molecular flexibility index (Phi) is 7.03. The van der Waals surface area contributed by atoms with E-state index in [4.69, 9.17) is 14.2 Å². The molecule has 3 heterocycles. The number of H-pyrrole nitrogens is 1. The molecule has 0 fully saturated rings. The lowest BCUT2D eigenvalue weighted by Crippen LogP contribution is -2.54. The molecule has 1 amide bonds. The van der Waals surface area contributed by atoms with Crippen LogP contribution >= 0.6 is 0 Å². The number of hydrogen-bond donors (Lipinski definition) is 3. The van der Waals surface area contributed by atoms with Crippen molar-refractivity contribution in [2.75, 3.05) is 27.9 Å². The first kappa shape index (κ1) is 26.7. The molecule has 0 spiro atoms. The van der Waals surface area contributed by atoms with Crippen LogP contribution in [0.5, 0.6) is 11.5 Å². The van der Waals surface area contributed by atoms with Gasteiger partial charge in [-0.2, -0.15) is 0 Å². The number of nitrogens with one attached hydrogen (secondary N) is 2. The smallest absolute Gasteiger partial charge is 0.255 e. The minimum absolute atomic E-state index is 0.282. The molecule has 0 bridgehead atoms. The summed E-state index contributed by atoms with van der Waals surface area (Å²) in [6.07, 6.45) is 2.95. The molecule has 0 saturated carbocycles. The normalized spacial score (nSPS) is 13.8. The summed E-state index contributed by atoms with van der Waals surface area (Å²) < 4.78 is 19.2. The predicted octanol–water partition coefficient (Wildman–Crippen LogP) is 5.18. The Balaban J connectivity index is 1.43. The van der Waals surface area contributed by atoms with Crippen LogP contribution in [0.3, 0.4) is 0 Å². The summed E-state index contributed by atoms with van der Waals surface area (Å²) in [4.78, 5) is 17.4. The summed E-state index contributed by atoms with van der Waals surface area (Å²) in [5.41, 5.74) is 5.87. The van der Waals surface area contributed by atoms with Crippen molar-refractivity contribution in [3.05, 3.63) is 95.7 Å². The standard InChI is InChI=1S/C33H33N3O5/c1-39-29-15-22-13-14-36-28(25(22)17-30(29)40-2)16-26(31(36)21-9-5-4-6-10-21)32(38)35-33(20-37,41-3)18-23-19-34-27-12-8-7-11-24(23)27/h4-12,15-17,19,34,37H,13-14,18,20H2,1-3H3,(H,35,38). The molecule has 1 aliphatic heterocycles. The number of aliphatic hydroxyl groups excluding tert-OH is 1. The van der Waals surface area contributed by atoms with Crippen LogP contribution < -0.4 is 14.8 Å². The average molecular weight is 552 g/mol. The van der Waals surface area contributed by atoms with E-state index in [1.54, 1.807) is 14.2 Å². The Hall–Kier alpha value is -4.53. The average Bonchev–Trinajstić information content (AvgIpc) is 3.62. The van der Waals surface area contributed by atoms with Gasteiger partial charge in [0.15, 0.2) is 17.2 Å². The number of benzene rings is 3. The van der Waals surface area contributed by atoms with Gasteiger partial charge in [-0.15, -0.1) is 0 Å². The van der Waals surface area contributed by atoms with E-state index in [0.29, 0.717) is 23.6 Å². The monoisotopic (exact) mass is 551 g/mol. The lowest BCUT2D eigenvalue weighted by molar-refractivity contribution is -0.0694. The van der Waals surface area contributed by atoms with Gasteiger partial charge in [-0.3, -0.25) is 4.79 Å². The van der Waals surface area contributed by atoms with E-state index in [-0.39, 0.29) is 12.3 Å². The van der Waals surface area contributed by atoms with Gasteiger partial charge in [0.1, 0.15) is 0 Å². The van der Waals surface area contributed by atoms with Crippen molar-refractivity contribution < 1.29 is 24.1 Å². The van der Waals surface area contributed by atoms with Gasteiger partial charge in [-0.1, -0.05) is 48.5 Å². The van der Waals surface area contributed by atoms with Crippen LogP contribution in [0.25, 0.3) is 33.4 Å². The molecule has 0 aliphatic carbocycles. The Morgan fingerprint density at radius 2 is 1.73 bits per heavy atom. The third-order valence-electron chi connectivity index (χ3n) is 8.02. The van der Waals surface area contributed by atoms with E-state index in [9.17, 15) is 9.90 Å². The topological polar surface area (TPSA) is 97.7 Å². The molecule has 8 heteroatoms. The number of carbonyl (C=O) groups is 1. The molecule has 1 aliphatic rings. The number of fused-ring (bicyclic) bond motifs is 4. The zero-order valence-electron chi connectivity index (χ0n) is 23.4. The number of rotatable bonds is 9. The molecule has 41 heavy (non-hydrogen) atoms. The SMILES string of the molecule is COc1cc2c(cc1OC)-c1cc(C(=O)NC(CO)(Cc3c[nH]c4ccccc34)OC)c(-c3ccccc3)n1CC2. The van der Waals surface area contributed by atoms with Crippen molar-refractivity contribution in [1.82, 2.24) is 14.9 Å². The Morgan fingerprint density at radius 3 is 2.46 bits per heavy atom. The first-order valence-corrected chi connectivity index (χ1v) is 13.6. The minimum Gasteiger partial charge on any atom is -0.493 e. The van der Waals surface area contributed by atoms with E-state index in [0.717, 1.165) is 51.0 Å². The van der Waals surface area contributed by atoms with Crippen molar-refractivity contribution >= 4 is 16.8 Å². The van der Waals surface area contributed by atoms with Crippen molar-refractivity contribution in [1.29, 1.82) is 0 Å². The molecule has 1 atom stereocenters. The molecule has 3 N–H and O–H groups in total. The van der Waals surface area contributed by atoms with E-state index >= 15 is 0 Å². The predicted molar refractivity (Wildman–Crippen MR) is 158 cm³/mol. The fraction of sp³-hybridized carbons (Fsp3) is 0.242. The molecule has 3 aromatic carbocycles. The fourth-order valence-electron chi connectivity index (χ4n) is 5.87. The lowest BCUT2D eigenvalue weighted by Gasteiger charge is -2.31. The molecule has 5 aromatic rings. The van der Waals surface area contributed by atoms with Crippen LogP contribution in [-0.4, -0.2) is 54.2 Å². The first-order chi connectivity index (χ1) is 20.0. The Morgan fingerprint density at radius 1 is 1.00 bits per heavy atom. The van der Waals surface area contributed by atoms with E-state index in [1.165, 1.54) is 7.11 Å². The van der Waals surface area contributed by atoms with Crippen LogP contribution in [0.4, 0.5) is 0 Å². The van der Waals surface area contributed by atoms with Gasteiger partial charge >= 0.3 is 0 Å². The number of amides is 1. The summed E-state index contributed by atoms with van der Waals surface area (Å²) in [5.74, 6) is 0.978. The van der Waals surface area contributed by atoms with Gasteiger partial charge in [0.25, 0.3) is 5.91 Å². The third kappa shape index (κ3) is 4.65. The van der Waals surface area contributed by atoms with Crippen LogP contribution in [0.2, 0.25) is 0 Å². The van der Waals surface area contributed by atoms with Crippen molar-refractivity contribution in [2.45, 2.75) is 25.1 Å². The largest absolute Gasteiger partial charge is 0.493 e. The zero-order chi connectivity index (χ0) is 28.6. The van der Waals surface area contributed by atoms with E-state index in [1.807, 2.05) is 79.0 Å². The van der Waals surface area contributed by atoms with Crippen LogP contribution in [0.1, 0.15) is 21.5 Å². The fourth-order valence-corrected chi connectivity index (χ4v) is 5.87. The van der Waals surface area contributed by atoms with Gasteiger partial charge in [0.05, 0.1) is 32.1 Å². The molecule has 0 radical (unpaired) electrons. The van der Waals surface area contributed by atoms with Crippen LogP contribution in [0, 0.1) is 0 Å². The van der Waals surface area contributed by atoms with Gasteiger partial charge in [-0.25, -0.2) is 0 Å². The number of para-hydroxylation sites is 1. The number of nitrogens with zero attached hydrogens (tertiary/aromatic N) is 1. The second kappa shape index (κ2) is 10.8. The highest BCUT2D eigenvalue weighted by atomic mass is 16.5. The maximum Gasteiger partial charge on any atom is 0.255 e. The number of methoxy groups -OCH3 is 3. The van der Waals surface area contributed by atoms with Crippen LogP contribution in [-0.2, 0) is 24.1 Å². The van der Waals surface area contributed by atoms with E-state index < -0.39 is 12.3 Å². The minimum atomic E-state index is -1.33. The molecule has 1 unspecified atom stereocenters. The van der Waals surface area contributed by atoms with Gasteiger partial charge < -0.3 is 34.2 Å². The van der Waals surface area contributed by atoms with Crippen molar-refractivity contribution in [3.8, 4) is 34.0 Å². The van der Waals surface area contributed by atoms with Gasteiger partial charge in [0.2, 0.25) is 0 Å². The highest BCUT2D eigenvalue weighted by molar-refractivity contribution is 6.03. The number of ether oxygens (including phenoxy) is 3. The number of carbonyl (C=O) groups excluding carboxylic acids is 1. The number of aliphatic hydroxyl groups is 1. The second-order valence-electron chi connectivity index (χ2n) is 10.3. The van der Waals surface area contributed by atoms with Gasteiger partial charge in [-0.05, 0) is 47.4 Å². The Bertz CT molecular complexity index is 1720. The summed E-state index contributed by atoms with van der Waals surface area (Å²) in [5, 5.41) is 14.6. The number of aromatic nitrogens is 2. The molecule has 6 rings (SSSR count). The summed E-state index contributed by atoms with van der Waals surface area (Å²) in [6.45, 7) is 0.295. The van der Waals surface area contributed by atoms with Crippen LogP contribution in [0.15, 0.2) is 79.0 Å². The maximum atomic E-state index is 14.1. The summed E-state index contributed by atoms with van der Waals surface area (Å²) in [7, 11) is 4.75. The second-order valence-corrected chi connectivity index (χ2v) is 10.3. The number of aromatic amines is 1. The summed E-state index contributed by atoms with van der Waals surface area (Å²) in [6, 6.07) is 23.7. The molecule has 0 saturated heterocycles. The quantitative estimate of drug-likeness (QED) is 0.219. The van der Waals surface area contributed by atoms with Crippen molar-refractivity contribution in [3.63, 3.8) is 0 Å². The lowest BCUT2D eigenvalue weighted by atomic mass is 9.97. The van der Waals surface area contributed by atoms with E-state index in [2.05, 4.69) is 14.9 Å². The molecular formula is C33H33N3O5. The molecule has 8 nitrogen and oxygen atoms in total. The molecular weight excluding hydrogens is 518 g/mol. The maximum absolute atomic E-state index is 14.1. The number of hydrogen-bond acceptors (Lipinski definition) is 5. The molecule has 2 aromatic heterocycles. The zero-order valence-corrected chi connectivity index (χ0v) is 23.4. The third-order valence-corrected chi connectivity index (χ3v) is 8.02. The number of aryl methyl sites for hydroxylation is 1. The van der Waals surface area contributed by atoms with Gasteiger partial charge in [0, 0.05) is 48.4 Å². The first-order valence-electron chi connectivity index (χ1n) is 13.6.